The van der Waals surface area contributed by atoms with Gasteiger partial charge in [-0.2, -0.15) is 0 Å². The van der Waals surface area contributed by atoms with Gasteiger partial charge in [-0.3, -0.25) is 0 Å². The molecule has 0 fully saturated rings. The van der Waals surface area contributed by atoms with Crippen LogP contribution in [0.5, 0.6) is 0 Å². The van der Waals surface area contributed by atoms with Crippen LogP contribution in [-0.4, -0.2) is 48.4 Å². The molecule has 0 aliphatic carbocycles. The maximum atomic E-state index is 10.9. The first-order chi connectivity index (χ1) is 16.8. The third kappa shape index (κ3) is 33.8. The molecule has 0 saturated heterocycles. The van der Waals surface area contributed by atoms with Gasteiger partial charge in [0.15, 0.2) is 0 Å². The Kier molecular flexibility index (Phi) is 34.7. The molecule has 1 amide bonds. The number of alkyl halides is 1. The van der Waals surface area contributed by atoms with Crippen molar-refractivity contribution in [3.05, 3.63) is 0 Å². The van der Waals surface area contributed by atoms with E-state index in [9.17, 15) is 4.79 Å². The SMILES string of the molecule is C#CC(I)OC(=O)NCCCC.CCCCCCCCCC[N+](C)(C)CCCCCCCCCC.[Cl-]. The van der Waals surface area contributed by atoms with Crippen molar-refractivity contribution >= 4 is 28.7 Å². The summed E-state index contributed by atoms with van der Waals surface area (Å²) in [5.74, 6) is 2.29. The third-order valence-electron chi connectivity index (χ3n) is 6.38. The van der Waals surface area contributed by atoms with Crippen molar-refractivity contribution in [3.63, 3.8) is 0 Å². The number of alkyl carbamates (subject to hydrolysis) is 1. The van der Waals surface area contributed by atoms with Crippen molar-refractivity contribution in [2.45, 2.75) is 140 Å². The molecular weight excluding hydrogens is 583 g/mol. The summed E-state index contributed by atoms with van der Waals surface area (Å²) in [5.41, 5.74) is 0. The molecule has 216 valence electrons. The molecule has 1 atom stereocenters. The molecule has 36 heavy (non-hydrogen) atoms. The van der Waals surface area contributed by atoms with Crippen LogP contribution in [0.15, 0.2) is 0 Å². The summed E-state index contributed by atoms with van der Waals surface area (Å²) in [6, 6.07) is 0. The van der Waals surface area contributed by atoms with Crippen molar-refractivity contribution in [3.8, 4) is 12.3 Å². The van der Waals surface area contributed by atoms with Crippen LogP contribution >= 0.6 is 22.6 Å². The van der Waals surface area contributed by atoms with Gasteiger partial charge < -0.3 is 26.9 Å². The van der Waals surface area contributed by atoms with Gasteiger partial charge in [-0.25, -0.2) is 4.79 Å². The molecule has 0 aliphatic heterocycles. The second kappa shape index (κ2) is 31.0. The zero-order chi connectivity index (χ0) is 26.6. The van der Waals surface area contributed by atoms with E-state index >= 15 is 0 Å². The zero-order valence-electron chi connectivity index (χ0n) is 24.5. The Morgan fingerprint density at radius 2 is 1.11 bits per heavy atom. The number of rotatable bonds is 22. The smallest absolute Gasteiger partial charge is 0.409 e. The minimum absolute atomic E-state index is 0. The van der Waals surface area contributed by atoms with E-state index in [1.165, 1.54) is 120 Å². The largest absolute Gasteiger partial charge is 1.00 e. The highest BCUT2D eigenvalue weighted by Gasteiger charge is 2.13. The minimum atomic E-state index is -0.482. The number of carbonyl (C=O) groups is 1. The van der Waals surface area contributed by atoms with E-state index < -0.39 is 10.2 Å². The average Bonchev–Trinajstić information content (AvgIpc) is 2.83. The predicted octanol–water partition coefficient (Wildman–Crippen LogP) is 6.26. The van der Waals surface area contributed by atoms with Crippen LogP contribution in [0.3, 0.4) is 0 Å². The van der Waals surface area contributed by atoms with E-state index in [4.69, 9.17) is 11.2 Å². The van der Waals surface area contributed by atoms with E-state index in [1.807, 2.05) is 22.6 Å². The normalized spacial score (nSPS) is 11.5. The summed E-state index contributed by atoms with van der Waals surface area (Å²) in [6.45, 7) is 10.1. The lowest BCUT2D eigenvalue weighted by Crippen LogP contribution is -3.00. The van der Waals surface area contributed by atoms with Crippen molar-refractivity contribution in [2.75, 3.05) is 33.7 Å². The molecule has 0 spiro atoms. The maximum Gasteiger partial charge on any atom is 0.409 e. The summed E-state index contributed by atoms with van der Waals surface area (Å²) >= 11 is 1.86. The van der Waals surface area contributed by atoms with Crippen molar-refractivity contribution < 1.29 is 26.4 Å². The Balaban J connectivity index is -0.000000710. The summed E-state index contributed by atoms with van der Waals surface area (Å²) in [5, 5.41) is 2.59. The standard InChI is InChI=1S/C22H48N.C8H12INO2.ClH/c1-5-7-9-11-13-15-17-19-21-23(3,4)22-20-18-16-14-12-10-8-6-2;1-3-5-6-10-8(11)12-7(9)4-2;/h5-22H2,1-4H3;2,7H,3,5-6H2,1H3,(H,10,11);1H/q+1;;/p-1. The molecule has 0 aromatic rings. The maximum absolute atomic E-state index is 10.9. The molecule has 0 radical (unpaired) electrons. The molecule has 0 saturated carbocycles. The highest BCUT2D eigenvalue weighted by molar-refractivity contribution is 14.1. The van der Waals surface area contributed by atoms with E-state index in [-0.39, 0.29) is 12.4 Å². The molecule has 0 rings (SSSR count). The first kappa shape index (κ1) is 40.3. The second-order valence-electron chi connectivity index (χ2n) is 10.5. The predicted molar refractivity (Wildman–Crippen MR) is 163 cm³/mol. The number of quaternary nitrogens is 1. The number of carbonyl (C=O) groups excluding carboxylic acids is 1. The van der Waals surface area contributed by atoms with Gasteiger partial charge in [-0.15, -0.1) is 6.42 Å². The van der Waals surface area contributed by atoms with Crippen molar-refractivity contribution in [2.24, 2.45) is 0 Å². The topological polar surface area (TPSA) is 38.3 Å². The monoisotopic (exact) mass is 642 g/mol. The average molecular weight is 643 g/mol. The first-order valence-corrected chi connectivity index (χ1v) is 15.9. The lowest BCUT2D eigenvalue weighted by molar-refractivity contribution is -0.890. The Hall–Kier alpha value is -0.190. The first-order valence-electron chi connectivity index (χ1n) is 14.7. The Morgan fingerprint density at radius 3 is 1.47 bits per heavy atom. The molecule has 0 bridgehead atoms. The zero-order valence-corrected chi connectivity index (χ0v) is 27.4. The van der Waals surface area contributed by atoms with E-state index in [0.717, 1.165) is 12.8 Å². The van der Waals surface area contributed by atoms with Crippen LogP contribution in [-0.2, 0) is 4.74 Å². The number of nitrogens with zero attached hydrogens (tertiary/aromatic N) is 1. The van der Waals surface area contributed by atoms with Gasteiger partial charge in [0.1, 0.15) is 0 Å². The summed E-state index contributed by atoms with van der Waals surface area (Å²) in [7, 11) is 4.87. The van der Waals surface area contributed by atoms with Crippen LogP contribution < -0.4 is 17.7 Å². The number of unbranched alkanes of at least 4 members (excludes halogenated alkanes) is 15. The van der Waals surface area contributed by atoms with Crippen LogP contribution in [0.1, 0.15) is 136 Å². The minimum Gasteiger partial charge on any atom is -1.00 e. The van der Waals surface area contributed by atoms with Gasteiger partial charge in [-0.1, -0.05) is 110 Å². The quantitative estimate of drug-likeness (QED) is 0.0498. The van der Waals surface area contributed by atoms with Crippen molar-refractivity contribution in [1.29, 1.82) is 0 Å². The fourth-order valence-electron chi connectivity index (χ4n) is 4.00. The van der Waals surface area contributed by atoms with Crippen molar-refractivity contribution in [1.82, 2.24) is 5.32 Å². The van der Waals surface area contributed by atoms with E-state index in [0.29, 0.717) is 6.54 Å². The number of hydrogen-bond donors (Lipinski definition) is 1. The van der Waals surface area contributed by atoms with Crippen LogP contribution in [0.25, 0.3) is 0 Å². The van der Waals surface area contributed by atoms with Gasteiger partial charge in [0, 0.05) is 6.54 Å². The van der Waals surface area contributed by atoms with Crippen LogP contribution in [0.2, 0.25) is 0 Å². The number of ether oxygens (including phenoxy) is 1. The molecule has 0 heterocycles. The van der Waals surface area contributed by atoms with Crippen LogP contribution in [0.4, 0.5) is 4.79 Å². The van der Waals surface area contributed by atoms with Gasteiger partial charge in [-0.05, 0) is 54.7 Å². The number of terminal acetylenes is 1. The number of hydrogen-bond acceptors (Lipinski definition) is 2. The molecule has 4 nitrogen and oxygen atoms in total. The highest BCUT2D eigenvalue weighted by atomic mass is 127. The Morgan fingerprint density at radius 1 is 0.750 bits per heavy atom. The van der Waals surface area contributed by atoms with Crippen LogP contribution in [0, 0.1) is 12.3 Å². The fraction of sp³-hybridized carbons (Fsp3) is 0.900. The fourth-order valence-corrected chi connectivity index (χ4v) is 4.23. The molecular formula is C30H60ClIN2O2. The lowest BCUT2D eigenvalue weighted by atomic mass is 10.1. The van der Waals surface area contributed by atoms with E-state index in [2.05, 4.69) is 46.1 Å². The van der Waals surface area contributed by atoms with Gasteiger partial charge in [0.05, 0.1) is 27.2 Å². The lowest BCUT2D eigenvalue weighted by Gasteiger charge is -2.30. The Bertz CT molecular complexity index is 476. The third-order valence-corrected chi connectivity index (χ3v) is 6.99. The summed E-state index contributed by atoms with van der Waals surface area (Å²) in [6.07, 6.45) is 29.6. The molecule has 1 N–H and O–H groups in total. The highest BCUT2D eigenvalue weighted by Crippen LogP contribution is 2.13. The number of amides is 1. The second-order valence-corrected chi connectivity index (χ2v) is 11.6. The molecule has 0 aliphatic rings. The molecule has 6 heteroatoms. The van der Waals surface area contributed by atoms with Gasteiger partial charge >= 0.3 is 6.09 Å². The van der Waals surface area contributed by atoms with Gasteiger partial charge in [0.25, 0.3) is 0 Å². The molecule has 1 unspecified atom stereocenters. The Labute approximate surface area is 246 Å². The number of nitrogens with one attached hydrogen (secondary N) is 1. The summed E-state index contributed by atoms with van der Waals surface area (Å²) < 4.78 is 5.51. The molecule has 0 aromatic heterocycles. The van der Waals surface area contributed by atoms with Gasteiger partial charge in [0.2, 0.25) is 4.11 Å². The molecule has 0 aromatic carbocycles. The number of halogens is 2. The van der Waals surface area contributed by atoms with E-state index in [1.54, 1.807) is 0 Å². The summed E-state index contributed by atoms with van der Waals surface area (Å²) in [4.78, 5) is 10.9.